The van der Waals surface area contributed by atoms with Gasteiger partial charge in [-0.15, -0.1) is 6.58 Å². The molecule has 0 bridgehead atoms. The van der Waals surface area contributed by atoms with Crippen LogP contribution in [0.2, 0.25) is 5.02 Å². The molecule has 0 heterocycles. The Morgan fingerprint density at radius 1 is 1.50 bits per heavy atom. The summed E-state index contributed by atoms with van der Waals surface area (Å²) in [6.07, 6.45) is 1.63. The van der Waals surface area contributed by atoms with E-state index < -0.39 is 0 Å². The van der Waals surface area contributed by atoms with Crippen LogP contribution in [-0.2, 0) is 0 Å². The Morgan fingerprint density at radius 2 is 2.17 bits per heavy atom. The van der Waals surface area contributed by atoms with Gasteiger partial charge in [-0.25, -0.2) is 0 Å². The molecule has 0 amide bonds. The third-order valence-corrected chi connectivity index (χ3v) is 1.90. The van der Waals surface area contributed by atoms with Crippen molar-refractivity contribution < 1.29 is 0 Å². The van der Waals surface area contributed by atoms with Crippen molar-refractivity contribution in [2.75, 3.05) is 5.73 Å². The first-order chi connectivity index (χ1) is 5.65. The molecule has 3 heteroatoms. The van der Waals surface area contributed by atoms with Crippen LogP contribution in [0.5, 0.6) is 0 Å². The minimum Gasteiger partial charge on any atom is -0.398 e. The first kappa shape index (κ1) is 9.10. The van der Waals surface area contributed by atoms with E-state index in [1.165, 1.54) is 0 Å². The zero-order chi connectivity index (χ0) is 9.14. The van der Waals surface area contributed by atoms with Gasteiger partial charge >= 0.3 is 0 Å². The van der Waals surface area contributed by atoms with E-state index in [0.717, 1.165) is 5.56 Å². The maximum atomic E-state index is 5.77. The number of anilines is 1. The zero-order valence-corrected chi connectivity index (χ0v) is 7.38. The van der Waals surface area contributed by atoms with Crippen molar-refractivity contribution in [3.8, 4) is 0 Å². The van der Waals surface area contributed by atoms with Crippen molar-refractivity contribution in [3.05, 3.63) is 41.4 Å². The average Bonchev–Trinajstić information content (AvgIpc) is 2.08. The van der Waals surface area contributed by atoms with Crippen molar-refractivity contribution in [1.82, 2.24) is 0 Å². The normalized spacial score (nSPS) is 12.5. The molecule has 2 nitrogen and oxygen atoms in total. The maximum absolute atomic E-state index is 5.77. The van der Waals surface area contributed by atoms with Crippen LogP contribution in [0.25, 0.3) is 0 Å². The molecule has 1 rings (SSSR count). The highest BCUT2D eigenvalue weighted by Gasteiger charge is 2.05. The molecule has 4 N–H and O–H groups in total. The Bertz CT molecular complexity index is 297. The lowest BCUT2D eigenvalue weighted by atomic mass is 10.1. The molecule has 0 saturated carbocycles. The van der Waals surface area contributed by atoms with Gasteiger partial charge in [0.2, 0.25) is 0 Å². The van der Waals surface area contributed by atoms with E-state index >= 15 is 0 Å². The Balaban J connectivity index is 3.12. The molecular formula is C9H11ClN2. The van der Waals surface area contributed by atoms with Gasteiger partial charge in [0, 0.05) is 16.8 Å². The number of rotatable bonds is 2. The molecule has 0 fully saturated rings. The van der Waals surface area contributed by atoms with Crippen LogP contribution in [0.1, 0.15) is 11.6 Å². The van der Waals surface area contributed by atoms with Gasteiger partial charge < -0.3 is 11.5 Å². The fourth-order valence-electron chi connectivity index (χ4n) is 0.961. The SMILES string of the molecule is C=CC(N)c1cc(Cl)ccc1N. The van der Waals surface area contributed by atoms with E-state index in [9.17, 15) is 0 Å². The second-order valence-electron chi connectivity index (χ2n) is 2.53. The monoisotopic (exact) mass is 182 g/mol. The third kappa shape index (κ3) is 1.78. The number of nitrogen functional groups attached to an aromatic ring is 1. The summed E-state index contributed by atoms with van der Waals surface area (Å²) in [4.78, 5) is 0. The molecule has 0 radical (unpaired) electrons. The lowest BCUT2D eigenvalue weighted by Crippen LogP contribution is -2.09. The largest absolute Gasteiger partial charge is 0.398 e. The average molecular weight is 183 g/mol. The van der Waals surface area contributed by atoms with Crippen LogP contribution in [-0.4, -0.2) is 0 Å². The van der Waals surface area contributed by atoms with E-state index in [4.69, 9.17) is 23.1 Å². The van der Waals surface area contributed by atoms with Gasteiger partial charge in [-0.2, -0.15) is 0 Å². The smallest absolute Gasteiger partial charge is 0.0499 e. The predicted octanol–water partition coefficient (Wildman–Crippen LogP) is 2.11. The summed E-state index contributed by atoms with van der Waals surface area (Å²) in [6.45, 7) is 3.58. The van der Waals surface area contributed by atoms with Crippen molar-refractivity contribution in [2.45, 2.75) is 6.04 Å². The summed E-state index contributed by atoms with van der Waals surface area (Å²) >= 11 is 5.77. The highest BCUT2D eigenvalue weighted by Crippen LogP contribution is 2.23. The Morgan fingerprint density at radius 3 is 2.75 bits per heavy atom. The fraction of sp³-hybridized carbons (Fsp3) is 0.111. The fourth-order valence-corrected chi connectivity index (χ4v) is 1.14. The first-order valence-corrected chi connectivity index (χ1v) is 3.96. The number of benzene rings is 1. The van der Waals surface area contributed by atoms with Crippen molar-refractivity contribution >= 4 is 17.3 Å². The van der Waals surface area contributed by atoms with E-state index in [0.29, 0.717) is 10.7 Å². The summed E-state index contributed by atoms with van der Waals surface area (Å²) < 4.78 is 0. The highest BCUT2D eigenvalue weighted by atomic mass is 35.5. The second-order valence-corrected chi connectivity index (χ2v) is 2.97. The van der Waals surface area contributed by atoms with Gasteiger partial charge in [0.25, 0.3) is 0 Å². The molecule has 1 unspecified atom stereocenters. The lowest BCUT2D eigenvalue weighted by Gasteiger charge is -2.09. The zero-order valence-electron chi connectivity index (χ0n) is 6.63. The van der Waals surface area contributed by atoms with Crippen LogP contribution >= 0.6 is 11.6 Å². The number of hydrogen-bond acceptors (Lipinski definition) is 2. The van der Waals surface area contributed by atoms with Gasteiger partial charge in [-0.3, -0.25) is 0 Å². The van der Waals surface area contributed by atoms with E-state index in [1.54, 1.807) is 24.3 Å². The van der Waals surface area contributed by atoms with E-state index in [1.807, 2.05) is 0 Å². The Hall–Kier alpha value is -0.990. The van der Waals surface area contributed by atoms with Crippen LogP contribution in [0.15, 0.2) is 30.9 Å². The summed E-state index contributed by atoms with van der Waals surface area (Å²) in [6, 6.07) is 4.98. The minimum absolute atomic E-state index is 0.247. The first-order valence-electron chi connectivity index (χ1n) is 3.58. The molecule has 0 aliphatic heterocycles. The molecule has 0 aromatic heterocycles. The molecule has 0 aliphatic carbocycles. The Labute approximate surface area is 76.8 Å². The van der Waals surface area contributed by atoms with Crippen molar-refractivity contribution in [3.63, 3.8) is 0 Å². The number of hydrogen-bond donors (Lipinski definition) is 2. The maximum Gasteiger partial charge on any atom is 0.0499 e. The number of nitrogens with two attached hydrogens (primary N) is 2. The number of halogens is 1. The van der Waals surface area contributed by atoms with Crippen LogP contribution in [0.4, 0.5) is 5.69 Å². The third-order valence-electron chi connectivity index (χ3n) is 1.66. The van der Waals surface area contributed by atoms with Crippen molar-refractivity contribution in [2.24, 2.45) is 5.73 Å². The standard InChI is InChI=1S/C9H11ClN2/c1-2-8(11)7-5-6(10)3-4-9(7)12/h2-5,8H,1,11-12H2. The molecule has 12 heavy (non-hydrogen) atoms. The van der Waals surface area contributed by atoms with Gasteiger partial charge in [0.05, 0.1) is 0 Å². The summed E-state index contributed by atoms with van der Waals surface area (Å²) in [5, 5.41) is 0.636. The molecule has 0 aliphatic rings. The van der Waals surface area contributed by atoms with E-state index in [2.05, 4.69) is 6.58 Å². The van der Waals surface area contributed by atoms with E-state index in [-0.39, 0.29) is 6.04 Å². The second kappa shape index (κ2) is 3.61. The summed E-state index contributed by atoms with van der Waals surface area (Å²) in [5.74, 6) is 0. The predicted molar refractivity (Wildman–Crippen MR) is 53.0 cm³/mol. The van der Waals surface area contributed by atoms with Gasteiger partial charge in [0.1, 0.15) is 0 Å². The molecule has 1 atom stereocenters. The molecule has 1 aromatic rings. The van der Waals surface area contributed by atoms with Crippen LogP contribution in [0, 0.1) is 0 Å². The van der Waals surface area contributed by atoms with Crippen LogP contribution < -0.4 is 11.5 Å². The van der Waals surface area contributed by atoms with Gasteiger partial charge in [-0.05, 0) is 23.8 Å². The molecule has 0 spiro atoms. The topological polar surface area (TPSA) is 52.0 Å². The van der Waals surface area contributed by atoms with Crippen molar-refractivity contribution in [1.29, 1.82) is 0 Å². The molecule has 1 aromatic carbocycles. The van der Waals surface area contributed by atoms with Crippen LogP contribution in [0.3, 0.4) is 0 Å². The highest BCUT2D eigenvalue weighted by molar-refractivity contribution is 6.30. The quantitative estimate of drug-likeness (QED) is 0.544. The molecule has 0 saturated heterocycles. The Kier molecular flexibility index (Phi) is 2.74. The molecule has 64 valence electrons. The lowest BCUT2D eigenvalue weighted by molar-refractivity contribution is 0.918. The summed E-state index contributed by atoms with van der Waals surface area (Å²) in [7, 11) is 0. The van der Waals surface area contributed by atoms with Gasteiger partial charge in [-0.1, -0.05) is 17.7 Å². The molecular weight excluding hydrogens is 172 g/mol. The van der Waals surface area contributed by atoms with Gasteiger partial charge in [0.15, 0.2) is 0 Å². The minimum atomic E-state index is -0.247. The summed E-state index contributed by atoms with van der Waals surface area (Å²) in [5.41, 5.74) is 12.8.